The monoisotopic (exact) mass is 181 g/mol. The molecule has 0 bridgehead atoms. The molecule has 0 aromatic heterocycles. The maximum Gasteiger partial charge on any atom is 0.120 e. The van der Waals surface area contributed by atoms with Crippen molar-refractivity contribution in [1.29, 1.82) is 0 Å². The lowest BCUT2D eigenvalue weighted by Crippen LogP contribution is -2.38. The van der Waals surface area contributed by atoms with Gasteiger partial charge in [0.15, 0.2) is 0 Å². The highest BCUT2D eigenvalue weighted by atomic mass is 32.4. The quantitative estimate of drug-likeness (QED) is 0.517. The molecule has 0 fully saturated rings. The number of nitrogens with one attached hydrogen (secondary N) is 1. The van der Waals surface area contributed by atoms with Crippen molar-refractivity contribution in [3.05, 3.63) is 0 Å². The van der Waals surface area contributed by atoms with Gasteiger partial charge in [0.2, 0.25) is 0 Å². The highest BCUT2D eigenvalue weighted by Gasteiger charge is 2.16. The molecule has 0 rings (SSSR count). The lowest BCUT2D eigenvalue weighted by Gasteiger charge is -2.23. The molecule has 0 radical (unpaired) electrons. The van der Waals surface area contributed by atoms with E-state index in [4.69, 9.17) is 11.8 Å². The average Bonchev–Trinajstić information content (AvgIpc) is 1.14. The van der Waals surface area contributed by atoms with Gasteiger partial charge in [-0.05, 0) is 13.3 Å². The van der Waals surface area contributed by atoms with Crippen molar-refractivity contribution in [2.75, 3.05) is 13.3 Å². The second kappa shape index (κ2) is 2.83. The van der Waals surface area contributed by atoms with Crippen LogP contribution in [-0.2, 0) is 11.8 Å². The van der Waals surface area contributed by atoms with Crippen LogP contribution in [0.5, 0.6) is 0 Å². The fourth-order valence-electron chi connectivity index (χ4n) is 0.808. The van der Waals surface area contributed by atoms with Crippen LogP contribution in [0.4, 0.5) is 0 Å². The van der Waals surface area contributed by atoms with Gasteiger partial charge in [-0.3, -0.25) is 0 Å². The maximum absolute atomic E-state index is 5.27. The van der Waals surface area contributed by atoms with Crippen molar-refractivity contribution in [2.24, 2.45) is 0 Å². The predicted molar refractivity (Wildman–Crippen MR) is 52.6 cm³/mol. The Bertz CT molecular complexity index is 134. The average molecular weight is 181 g/mol. The van der Waals surface area contributed by atoms with E-state index in [0.29, 0.717) is 0 Å². The van der Waals surface area contributed by atoms with Crippen molar-refractivity contribution in [3.63, 3.8) is 0 Å². The van der Waals surface area contributed by atoms with Crippen molar-refractivity contribution in [3.8, 4) is 0 Å². The predicted octanol–water partition coefficient (Wildman–Crippen LogP) is 2.06. The minimum Gasteiger partial charge on any atom is -0.310 e. The lowest BCUT2D eigenvalue weighted by atomic mass is 11.8. The molecule has 4 heteroatoms. The Kier molecular flexibility index (Phi) is 3.09. The van der Waals surface area contributed by atoms with E-state index in [1.165, 1.54) is 0 Å². The molecule has 0 saturated heterocycles. The summed E-state index contributed by atoms with van der Waals surface area (Å²) in [5, 5.41) is 0. The fourth-order valence-corrected chi connectivity index (χ4v) is 9.73. The summed E-state index contributed by atoms with van der Waals surface area (Å²) in [5.74, 6) is 0. The van der Waals surface area contributed by atoms with Crippen LogP contribution in [0.25, 0.3) is 0 Å². The summed E-state index contributed by atoms with van der Waals surface area (Å²) in [6.07, 6.45) is -1.14. The zero-order chi connectivity index (χ0) is 7.71. The summed E-state index contributed by atoms with van der Waals surface area (Å²) in [6, 6.07) is 0. The van der Waals surface area contributed by atoms with Crippen molar-refractivity contribution in [2.45, 2.75) is 19.6 Å². The highest BCUT2D eigenvalue weighted by molar-refractivity contribution is 8.13. The van der Waals surface area contributed by atoms with Crippen LogP contribution in [0, 0.1) is 0 Å². The van der Waals surface area contributed by atoms with Gasteiger partial charge in [-0.15, -0.1) is 0 Å². The third-order valence-corrected chi connectivity index (χ3v) is 6.26. The first-order valence-electron chi connectivity index (χ1n) is 3.05. The van der Waals surface area contributed by atoms with Gasteiger partial charge in [0.25, 0.3) is 0 Å². The Labute approximate surface area is 64.4 Å². The molecule has 1 N–H and O–H groups in total. The zero-order valence-corrected chi connectivity index (χ0v) is 9.57. The van der Waals surface area contributed by atoms with Crippen LogP contribution in [0.3, 0.4) is 0 Å². The number of hydrogen-bond donors (Lipinski definition) is 1. The molecular weight excluding hydrogens is 165 g/mol. The summed E-state index contributed by atoms with van der Waals surface area (Å²) >= 11 is 5.27. The van der Waals surface area contributed by atoms with Gasteiger partial charge < -0.3 is 4.75 Å². The van der Waals surface area contributed by atoms with E-state index in [2.05, 4.69) is 37.7 Å². The normalized spacial score (nSPS) is 13.9. The van der Waals surface area contributed by atoms with Crippen LogP contribution in [0.1, 0.15) is 0 Å². The van der Waals surface area contributed by atoms with E-state index in [-0.39, 0.29) is 0 Å². The van der Waals surface area contributed by atoms with Crippen molar-refractivity contribution in [1.82, 2.24) is 4.75 Å². The standard InChI is InChI=1S/C5H16NPSSi/c1-7(2,8)6-9(3,4)5/h1-5H3,(H,6,8). The molecule has 0 aliphatic heterocycles. The van der Waals surface area contributed by atoms with E-state index in [1.807, 2.05) is 0 Å². The fraction of sp³-hybridized carbons (Fsp3) is 1.00. The molecule has 0 aromatic carbocycles. The minimum atomic E-state index is -1.14. The Hall–Kier alpha value is 0.827. The molecule has 0 saturated carbocycles. The second-order valence-corrected chi connectivity index (χ2v) is 14.5. The first kappa shape index (κ1) is 9.83. The molecular formula is C5H16NPSSi. The van der Waals surface area contributed by atoms with Crippen LogP contribution >= 0.6 is 6.19 Å². The summed E-state index contributed by atoms with van der Waals surface area (Å²) in [5.41, 5.74) is 0. The largest absolute Gasteiger partial charge is 0.310 e. The Morgan fingerprint density at radius 3 is 1.56 bits per heavy atom. The van der Waals surface area contributed by atoms with E-state index < -0.39 is 14.4 Å². The third kappa shape index (κ3) is 8.83. The van der Waals surface area contributed by atoms with E-state index in [9.17, 15) is 0 Å². The molecule has 56 valence electrons. The molecule has 0 aliphatic rings. The minimum absolute atomic E-state index is 1.10. The van der Waals surface area contributed by atoms with E-state index in [1.54, 1.807) is 0 Å². The van der Waals surface area contributed by atoms with Gasteiger partial charge in [-0.1, -0.05) is 31.4 Å². The Morgan fingerprint density at radius 1 is 1.22 bits per heavy atom. The zero-order valence-electron chi connectivity index (χ0n) is 6.86. The molecule has 0 heterocycles. The van der Waals surface area contributed by atoms with Crippen molar-refractivity contribution < 1.29 is 0 Å². The molecule has 0 aliphatic carbocycles. The van der Waals surface area contributed by atoms with Gasteiger partial charge in [0, 0.05) is 6.19 Å². The molecule has 0 spiro atoms. The van der Waals surface area contributed by atoms with Crippen LogP contribution in [0.15, 0.2) is 0 Å². The molecule has 0 amide bonds. The van der Waals surface area contributed by atoms with Crippen LogP contribution < -0.4 is 4.75 Å². The van der Waals surface area contributed by atoms with Gasteiger partial charge in [-0.25, -0.2) is 0 Å². The SMILES string of the molecule is C[Si](C)(C)NP(C)(C)=S. The number of hydrogen-bond acceptors (Lipinski definition) is 1. The van der Waals surface area contributed by atoms with E-state index in [0.717, 1.165) is 0 Å². The van der Waals surface area contributed by atoms with Gasteiger partial charge >= 0.3 is 0 Å². The lowest BCUT2D eigenvalue weighted by molar-refractivity contribution is 1.42. The molecule has 0 unspecified atom stereocenters. The summed E-state index contributed by atoms with van der Waals surface area (Å²) < 4.78 is 3.52. The summed E-state index contributed by atoms with van der Waals surface area (Å²) in [6.45, 7) is 11.1. The second-order valence-electron chi connectivity index (χ2n) is 3.71. The first-order valence-corrected chi connectivity index (χ1v) is 10.2. The van der Waals surface area contributed by atoms with E-state index >= 15 is 0 Å². The molecule has 0 atom stereocenters. The summed E-state index contributed by atoms with van der Waals surface area (Å²) in [7, 11) is -1.10. The van der Waals surface area contributed by atoms with Gasteiger partial charge in [0.05, 0.1) is 0 Å². The summed E-state index contributed by atoms with van der Waals surface area (Å²) in [4.78, 5) is 0. The molecule has 1 nitrogen and oxygen atoms in total. The number of rotatable bonds is 2. The Balaban J connectivity index is 3.90. The smallest absolute Gasteiger partial charge is 0.120 e. The Morgan fingerprint density at radius 2 is 1.56 bits per heavy atom. The highest BCUT2D eigenvalue weighted by Crippen LogP contribution is 2.32. The molecule has 9 heavy (non-hydrogen) atoms. The van der Waals surface area contributed by atoms with Crippen LogP contribution in [0.2, 0.25) is 19.6 Å². The van der Waals surface area contributed by atoms with Gasteiger partial charge in [0.1, 0.15) is 8.24 Å². The first-order chi connectivity index (χ1) is 3.71. The maximum atomic E-state index is 5.27. The topological polar surface area (TPSA) is 12.0 Å². The van der Waals surface area contributed by atoms with Gasteiger partial charge in [-0.2, -0.15) is 0 Å². The van der Waals surface area contributed by atoms with Crippen molar-refractivity contribution >= 4 is 26.2 Å². The third-order valence-electron chi connectivity index (χ3n) is 0.605. The molecule has 0 aromatic rings. The van der Waals surface area contributed by atoms with Crippen LogP contribution in [-0.4, -0.2) is 21.6 Å².